The van der Waals surface area contributed by atoms with Crippen molar-refractivity contribution in [3.63, 3.8) is 0 Å². The summed E-state index contributed by atoms with van der Waals surface area (Å²) < 4.78 is 5.86. The smallest absolute Gasteiger partial charge is 0.0757 e. The standard InChI is InChI=1S/C15H19Cl2NO/c1-9(11-3-2-4-12(16)14(11)17)18-13-7-8-19-15(13)10-5-6-10/h2-4,9-10,13,15,18H,5-8H2,1H3. The van der Waals surface area contributed by atoms with Crippen LogP contribution in [-0.4, -0.2) is 18.8 Å². The quantitative estimate of drug-likeness (QED) is 0.899. The summed E-state index contributed by atoms with van der Waals surface area (Å²) in [5, 5.41) is 4.94. The minimum absolute atomic E-state index is 0.194. The first-order valence-corrected chi connectivity index (χ1v) is 7.74. The normalized spacial score (nSPS) is 28.6. The Labute approximate surface area is 124 Å². The average Bonchev–Trinajstić information content (AvgIpc) is 3.13. The van der Waals surface area contributed by atoms with Crippen molar-refractivity contribution in [2.24, 2.45) is 5.92 Å². The summed E-state index contributed by atoms with van der Waals surface area (Å²) in [5.41, 5.74) is 1.07. The Balaban J connectivity index is 1.70. The molecule has 2 nitrogen and oxygen atoms in total. The van der Waals surface area contributed by atoms with Gasteiger partial charge in [-0.2, -0.15) is 0 Å². The van der Waals surface area contributed by atoms with E-state index in [0.717, 1.165) is 24.5 Å². The van der Waals surface area contributed by atoms with E-state index in [-0.39, 0.29) is 6.04 Å². The highest BCUT2D eigenvalue weighted by Crippen LogP contribution is 2.39. The van der Waals surface area contributed by atoms with Gasteiger partial charge in [-0.15, -0.1) is 0 Å². The van der Waals surface area contributed by atoms with E-state index in [0.29, 0.717) is 22.2 Å². The van der Waals surface area contributed by atoms with Gasteiger partial charge in [0, 0.05) is 18.7 Å². The summed E-state index contributed by atoms with van der Waals surface area (Å²) in [7, 11) is 0. The van der Waals surface area contributed by atoms with Gasteiger partial charge in [-0.25, -0.2) is 0 Å². The third-order valence-electron chi connectivity index (χ3n) is 4.13. The summed E-state index contributed by atoms with van der Waals surface area (Å²) in [5.74, 6) is 0.766. The van der Waals surface area contributed by atoms with E-state index in [9.17, 15) is 0 Å². The number of hydrogen-bond donors (Lipinski definition) is 1. The molecule has 1 aliphatic carbocycles. The molecule has 1 saturated heterocycles. The molecule has 4 heteroatoms. The molecule has 0 radical (unpaired) electrons. The molecule has 19 heavy (non-hydrogen) atoms. The van der Waals surface area contributed by atoms with Gasteiger partial charge in [0.25, 0.3) is 0 Å². The van der Waals surface area contributed by atoms with E-state index in [1.54, 1.807) is 0 Å². The third kappa shape index (κ3) is 2.92. The first-order valence-electron chi connectivity index (χ1n) is 6.98. The van der Waals surface area contributed by atoms with Crippen LogP contribution in [0.5, 0.6) is 0 Å². The van der Waals surface area contributed by atoms with E-state index in [1.165, 1.54) is 12.8 Å². The van der Waals surface area contributed by atoms with E-state index in [1.807, 2.05) is 18.2 Å². The van der Waals surface area contributed by atoms with Crippen LogP contribution >= 0.6 is 23.2 Å². The van der Waals surface area contributed by atoms with E-state index < -0.39 is 0 Å². The predicted octanol–water partition coefficient (Wildman–Crippen LogP) is 4.21. The molecule has 0 aromatic heterocycles. The van der Waals surface area contributed by atoms with Crippen LogP contribution < -0.4 is 5.32 Å². The third-order valence-corrected chi connectivity index (χ3v) is 4.97. The fraction of sp³-hybridized carbons (Fsp3) is 0.600. The molecule has 0 bridgehead atoms. The average molecular weight is 300 g/mol. The Morgan fingerprint density at radius 3 is 2.79 bits per heavy atom. The number of nitrogens with one attached hydrogen (secondary N) is 1. The van der Waals surface area contributed by atoms with E-state index >= 15 is 0 Å². The van der Waals surface area contributed by atoms with Crippen molar-refractivity contribution in [2.45, 2.75) is 44.4 Å². The van der Waals surface area contributed by atoms with Crippen LogP contribution in [0.2, 0.25) is 10.0 Å². The zero-order valence-corrected chi connectivity index (χ0v) is 12.5. The molecule has 1 aliphatic heterocycles. The summed E-state index contributed by atoms with van der Waals surface area (Å²) in [6, 6.07) is 6.45. The lowest BCUT2D eigenvalue weighted by atomic mass is 10.0. The highest BCUT2D eigenvalue weighted by atomic mass is 35.5. The first-order chi connectivity index (χ1) is 9.16. The van der Waals surface area contributed by atoms with Gasteiger partial charge in [0.05, 0.1) is 16.1 Å². The van der Waals surface area contributed by atoms with Crippen LogP contribution in [0.25, 0.3) is 0 Å². The van der Waals surface area contributed by atoms with Crippen LogP contribution in [0.4, 0.5) is 0 Å². The summed E-state index contributed by atoms with van der Waals surface area (Å²) in [6.45, 7) is 3.01. The molecule has 0 amide bonds. The monoisotopic (exact) mass is 299 g/mol. The van der Waals surface area contributed by atoms with Gasteiger partial charge in [0.1, 0.15) is 0 Å². The van der Waals surface area contributed by atoms with Gasteiger partial charge in [-0.3, -0.25) is 0 Å². The number of rotatable bonds is 4. The summed E-state index contributed by atoms with van der Waals surface area (Å²) in [6.07, 6.45) is 4.11. The Bertz CT molecular complexity index is 461. The second-order valence-electron chi connectivity index (χ2n) is 5.60. The molecule has 104 valence electrons. The molecule has 0 spiro atoms. The Morgan fingerprint density at radius 2 is 2.05 bits per heavy atom. The number of hydrogen-bond acceptors (Lipinski definition) is 2. The van der Waals surface area contributed by atoms with Gasteiger partial charge < -0.3 is 10.1 Å². The van der Waals surface area contributed by atoms with Crippen molar-refractivity contribution in [1.82, 2.24) is 5.32 Å². The van der Waals surface area contributed by atoms with Gasteiger partial charge in [0.2, 0.25) is 0 Å². The zero-order chi connectivity index (χ0) is 13.4. The zero-order valence-electron chi connectivity index (χ0n) is 11.0. The lowest BCUT2D eigenvalue weighted by Crippen LogP contribution is -2.39. The number of halogens is 2. The molecule has 3 rings (SSSR count). The van der Waals surface area contributed by atoms with Crippen molar-refractivity contribution in [1.29, 1.82) is 0 Å². The fourth-order valence-electron chi connectivity index (χ4n) is 2.94. The lowest BCUT2D eigenvalue weighted by Gasteiger charge is -2.25. The molecule has 2 fully saturated rings. The molecule has 3 unspecified atom stereocenters. The van der Waals surface area contributed by atoms with Crippen LogP contribution in [0, 0.1) is 5.92 Å². The molecule has 2 aliphatic rings. The maximum absolute atomic E-state index is 6.28. The van der Waals surface area contributed by atoms with Gasteiger partial charge in [-0.1, -0.05) is 35.3 Å². The predicted molar refractivity (Wildman–Crippen MR) is 78.9 cm³/mol. The minimum Gasteiger partial charge on any atom is -0.376 e. The second-order valence-corrected chi connectivity index (χ2v) is 6.38. The first kappa shape index (κ1) is 13.7. The van der Waals surface area contributed by atoms with Crippen molar-refractivity contribution < 1.29 is 4.74 Å². The molecule has 1 aromatic carbocycles. The van der Waals surface area contributed by atoms with Crippen LogP contribution in [-0.2, 0) is 4.74 Å². The lowest BCUT2D eigenvalue weighted by molar-refractivity contribution is 0.0793. The highest BCUT2D eigenvalue weighted by Gasteiger charge is 2.40. The van der Waals surface area contributed by atoms with Crippen molar-refractivity contribution in [3.05, 3.63) is 33.8 Å². The van der Waals surface area contributed by atoms with E-state index in [2.05, 4.69) is 12.2 Å². The SMILES string of the molecule is CC(NC1CCOC1C1CC1)c1cccc(Cl)c1Cl. The Hall–Kier alpha value is -0.280. The summed E-state index contributed by atoms with van der Waals surface area (Å²) in [4.78, 5) is 0. The van der Waals surface area contributed by atoms with Crippen LogP contribution in [0.15, 0.2) is 18.2 Å². The molecule has 3 atom stereocenters. The van der Waals surface area contributed by atoms with E-state index in [4.69, 9.17) is 27.9 Å². The van der Waals surface area contributed by atoms with Gasteiger partial charge in [-0.05, 0) is 43.7 Å². The van der Waals surface area contributed by atoms with Gasteiger partial charge >= 0.3 is 0 Å². The number of ether oxygens (including phenoxy) is 1. The van der Waals surface area contributed by atoms with Crippen LogP contribution in [0.3, 0.4) is 0 Å². The van der Waals surface area contributed by atoms with Crippen LogP contribution in [0.1, 0.15) is 37.8 Å². The largest absolute Gasteiger partial charge is 0.376 e. The molecule has 1 saturated carbocycles. The fourth-order valence-corrected chi connectivity index (χ4v) is 3.42. The Kier molecular flexibility index (Phi) is 4.04. The molecule has 1 heterocycles. The van der Waals surface area contributed by atoms with Gasteiger partial charge in [0.15, 0.2) is 0 Å². The molecule has 1 aromatic rings. The Morgan fingerprint density at radius 1 is 1.26 bits per heavy atom. The molecular weight excluding hydrogens is 281 g/mol. The molecule has 1 N–H and O–H groups in total. The highest BCUT2D eigenvalue weighted by molar-refractivity contribution is 6.42. The maximum atomic E-state index is 6.28. The van der Waals surface area contributed by atoms with Crippen molar-refractivity contribution >= 4 is 23.2 Å². The van der Waals surface area contributed by atoms with Crippen molar-refractivity contribution in [3.8, 4) is 0 Å². The summed E-state index contributed by atoms with van der Waals surface area (Å²) >= 11 is 12.4. The van der Waals surface area contributed by atoms with Crippen molar-refractivity contribution in [2.75, 3.05) is 6.61 Å². The topological polar surface area (TPSA) is 21.3 Å². The molecular formula is C15H19Cl2NO. The second kappa shape index (κ2) is 5.61. The minimum atomic E-state index is 0.194. The number of benzene rings is 1. The maximum Gasteiger partial charge on any atom is 0.0757 e.